The van der Waals surface area contributed by atoms with E-state index >= 15 is 0 Å². The average molecular weight is 450 g/mol. The second-order valence-electron chi connectivity index (χ2n) is 7.86. The van der Waals surface area contributed by atoms with Gasteiger partial charge < -0.3 is 4.90 Å². The van der Waals surface area contributed by atoms with E-state index in [9.17, 15) is 18.0 Å². The van der Waals surface area contributed by atoms with Crippen LogP contribution in [0.1, 0.15) is 60.5 Å². The van der Waals surface area contributed by atoms with E-state index in [1.807, 2.05) is 13.8 Å². The van der Waals surface area contributed by atoms with Crippen molar-refractivity contribution < 1.29 is 18.0 Å². The molecule has 0 N–H and O–H groups in total. The lowest BCUT2D eigenvalue weighted by Gasteiger charge is -2.32. The van der Waals surface area contributed by atoms with E-state index in [1.54, 1.807) is 33.3 Å². The van der Waals surface area contributed by atoms with Crippen LogP contribution in [0.5, 0.6) is 0 Å². The molecule has 31 heavy (non-hydrogen) atoms. The third-order valence-corrected chi connectivity index (χ3v) is 6.15. The summed E-state index contributed by atoms with van der Waals surface area (Å²) in [5.74, 6) is -0.408. The fraction of sp³-hybridized carbons (Fsp3) is 0.429. The third kappa shape index (κ3) is 4.63. The molecule has 1 aliphatic rings. The summed E-state index contributed by atoms with van der Waals surface area (Å²) in [6.07, 6.45) is -0.0455. The summed E-state index contributed by atoms with van der Waals surface area (Å²) in [5, 5.41) is 6.00. The first-order chi connectivity index (χ1) is 14.7. The second-order valence-corrected chi connectivity index (χ2v) is 8.81. The molecule has 0 radical (unpaired) electrons. The predicted molar refractivity (Wildman–Crippen MR) is 111 cm³/mol. The van der Waals surface area contributed by atoms with Crippen molar-refractivity contribution >= 4 is 17.2 Å². The summed E-state index contributed by atoms with van der Waals surface area (Å²) in [7, 11) is 0. The van der Waals surface area contributed by atoms with E-state index < -0.39 is 11.9 Å². The monoisotopic (exact) mass is 449 g/mol. The number of likely N-dealkylation sites (tertiary alicyclic amines) is 1. The Morgan fingerprint density at radius 3 is 2.74 bits per heavy atom. The summed E-state index contributed by atoms with van der Waals surface area (Å²) in [6, 6.07) is 4.62. The minimum absolute atomic E-state index is 0.129. The van der Waals surface area contributed by atoms with Crippen molar-refractivity contribution in [3.05, 3.63) is 53.1 Å². The van der Waals surface area contributed by atoms with Gasteiger partial charge in [0.25, 0.3) is 5.91 Å². The van der Waals surface area contributed by atoms with Crippen LogP contribution in [0.2, 0.25) is 0 Å². The van der Waals surface area contributed by atoms with Crippen molar-refractivity contribution in [3.63, 3.8) is 0 Å². The van der Waals surface area contributed by atoms with E-state index in [2.05, 4.69) is 15.1 Å². The Hall–Kier alpha value is -2.75. The highest BCUT2D eigenvalue weighted by Gasteiger charge is 2.36. The minimum atomic E-state index is -4.57. The van der Waals surface area contributed by atoms with E-state index in [4.69, 9.17) is 0 Å². The van der Waals surface area contributed by atoms with Gasteiger partial charge in [0.15, 0.2) is 0 Å². The molecule has 0 spiro atoms. The maximum Gasteiger partial charge on any atom is 0.433 e. The van der Waals surface area contributed by atoms with Crippen LogP contribution in [-0.4, -0.2) is 43.6 Å². The molecule has 1 unspecified atom stereocenters. The number of alkyl halides is 3. The van der Waals surface area contributed by atoms with Gasteiger partial charge in [-0.1, -0.05) is 6.07 Å². The van der Waals surface area contributed by atoms with Gasteiger partial charge in [-0.05, 0) is 44.2 Å². The zero-order valence-corrected chi connectivity index (χ0v) is 18.0. The smallest absolute Gasteiger partial charge is 0.338 e. The zero-order chi connectivity index (χ0) is 22.2. The van der Waals surface area contributed by atoms with E-state index in [1.165, 1.54) is 17.5 Å². The van der Waals surface area contributed by atoms with Gasteiger partial charge in [0.2, 0.25) is 0 Å². The molecule has 3 aromatic rings. The van der Waals surface area contributed by atoms with Crippen molar-refractivity contribution in [2.75, 3.05) is 13.1 Å². The van der Waals surface area contributed by atoms with Crippen LogP contribution in [0, 0.1) is 0 Å². The Morgan fingerprint density at radius 2 is 2.10 bits per heavy atom. The van der Waals surface area contributed by atoms with Crippen molar-refractivity contribution in [1.82, 2.24) is 24.6 Å². The first kappa shape index (κ1) is 21.5. The third-order valence-electron chi connectivity index (χ3n) is 5.26. The molecule has 0 saturated carbocycles. The van der Waals surface area contributed by atoms with Crippen LogP contribution < -0.4 is 0 Å². The van der Waals surface area contributed by atoms with Crippen LogP contribution in [0.25, 0.3) is 10.6 Å². The number of halogens is 3. The lowest BCUT2D eigenvalue weighted by atomic mass is 9.96. The number of carbonyl (C=O) groups is 1. The molecule has 164 valence electrons. The summed E-state index contributed by atoms with van der Waals surface area (Å²) in [6.45, 7) is 4.75. The minimum Gasteiger partial charge on any atom is -0.338 e. The van der Waals surface area contributed by atoms with Gasteiger partial charge in [-0.2, -0.15) is 18.3 Å². The Labute approximate surface area is 181 Å². The van der Waals surface area contributed by atoms with Gasteiger partial charge >= 0.3 is 6.18 Å². The molecule has 1 saturated heterocycles. The molecule has 0 aliphatic carbocycles. The predicted octanol–water partition coefficient (Wildman–Crippen LogP) is 5.02. The highest BCUT2D eigenvalue weighted by atomic mass is 32.1. The highest BCUT2D eigenvalue weighted by molar-refractivity contribution is 7.13. The van der Waals surface area contributed by atoms with Crippen LogP contribution in [0.3, 0.4) is 0 Å². The molecule has 1 fully saturated rings. The van der Waals surface area contributed by atoms with Crippen LogP contribution in [0.15, 0.2) is 36.0 Å². The van der Waals surface area contributed by atoms with Gasteiger partial charge in [0.05, 0.1) is 22.3 Å². The van der Waals surface area contributed by atoms with Gasteiger partial charge in [0, 0.05) is 31.2 Å². The number of amides is 1. The molecular formula is C21H22F3N5OS. The number of aromatic nitrogens is 4. The topological polar surface area (TPSA) is 63.9 Å². The SMILES string of the molecule is CC(C)n1cc(C(=O)N2CCCC(c3nc(-c4cccs4)cc(C(F)(F)F)n3)C2)cn1. The quantitative estimate of drug-likeness (QED) is 0.561. The molecular weight excluding hydrogens is 427 g/mol. The molecule has 4 rings (SSSR count). The van der Waals surface area contributed by atoms with Crippen molar-refractivity contribution in [2.45, 2.75) is 44.8 Å². The summed E-state index contributed by atoms with van der Waals surface area (Å²) < 4.78 is 42.2. The Morgan fingerprint density at radius 1 is 1.29 bits per heavy atom. The first-order valence-corrected chi connectivity index (χ1v) is 10.9. The van der Waals surface area contributed by atoms with Gasteiger partial charge in [-0.25, -0.2) is 9.97 Å². The van der Waals surface area contributed by atoms with E-state index in [0.717, 1.165) is 6.07 Å². The van der Waals surface area contributed by atoms with Crippen molar-refractivity contribution in [3.8, 4) is 10.6 Å². The maximum absolute atomic E-state index is 13.5. The molecule has 1 amide bonds. The summed E-state index contributed by atoms with van der Waals surface area (Å²) in [4.78, 5) is 23.6. The second kappa shape index (κ2) is 8.41. The Bertz CT molecular complexity index is 1060. The van der Waals surface area contributed by atoms with E-state index in [-0.39, 0.29) is 35.9 Å². The van der Waals surface area contributed by atoms with E-state index in [0.29, 0.717) is 29.8 Å². The van der Waals surface area contributed by atoms with Crippen LogP contribution >= 0.6 is 11.3 Å². The van der Waals surface area contributed by atoms with Crippen LogP contribution in [-0.2, 0) is 6.18 Å². The largest absolute Gasteiger partial charge is 0.433 e. The number of piperidine rings is 1. The summed E-state index contributed by atoms with van der Waals surface area (Å²) >= 11 is 1.33. The number of carbonyl (C=O) groups excluding carboxylic acids is 1. The molecule has 0 bridgehead atoms. The molecule has 10 heteroatoms. The Balaban J connectivity index is 1.61. The Kier molecular flexibility index (Phi) is 5.83. The highest BCUT2D eigenvalue weighted by Crippen LogP contribution is 2.34. The number of hydrogen-bond donors (Lipinski definition) is 0. The van der Waals surface area contributed by atoms with Crippen LogP contribution in [0.4, 0.5) is 13.2 Å². The number of rotatable bonds is 4. The summed E-state index contributed by atoms with van der Waals surface area (Å²) in [5.41, 5.74) is -0.227. The lowest BCUT2D eigenvalue weighted by Crippen LogP contribution is -2.39. The fourth-order valence-corrected chi connectivity index (χ4v) is 4.32. The molecule has 6 nitrogen and oxygen atoms in total. The average Bonchev–Trinajstić information content (AvgIpc) is 3.45. The lowest BCUT2D eigenvalue weighted by molar-refractivity contribution is -0.141. The number of hydrogen-bond acceptors (Lipinski definition) is 5. The molecule has 0 aromatic carbocycles. The molecule has 1 atom stereocenters. The van der Waals surface area contributed by atoms with Crippen molar-refractivity contribution in [2.24, 2.45) is 0 Å². The maximum atomic E-state index is 13.5. The standard InChI is InChI=1S/C21H22F3N5OS/c1-13(2)29-12-15(10-25-29)20(30)28-7-3-5-14(11-28)19-26-16(17-6-4-8-31-17)9-18(27-19)21(22,23)24/h4,6,8-10,12-14H,3,5,7,11H2,1-2H3. The molecule has 1 aliphatic heterocycles. The number of nitrogens with zero attached hydrogens (tertiary/aromatic N) is 5. The molecule has 3 aromatic heterocycles. The first-order valence-electron chi connectivity index (χ1n) is 10.1. The molecule has 4 heterocycles. The van der Waals surface area contributed by atoms with Gasteiger partial charge in [0.1, 0.15) is 11.5 Å². The normalized spacial score (nSPS) is 17.4. The van der Waals surface area contributed by atoms with Gasteiger partial charge in [-0.15, -0.1) is 11.3 Å². The van der Waals surface area contributed by atoms with Crippen molar-refractivity contribution in [1.29, 1.82) is 0 Å². The van der Waals surface area contributed by atoms with Gasteiger partial charge in [-0.3, -0.25) is 9.48 Å². The fourth-order valence-electron chi connectivity index (χ4n) is 3.63. The number of thiophene rings is 1. The zero-order valence-electron chi connectivity index (χ0n) is 17.1.